The number of benzene rings is 1. The molecule has 1 aromatic carbocycles. The predicted octanol–water partition coefficient (Wildman–Crippen LogP) is 4.59. The first-order valence-corrected chi connectivity index (χ1v) is 11.1. The van der Waals surface area contributed by atoms with Gasteiger partial charge in [-0.05, 0) is 49.6 Å². The Morgan fingerprint density at radius 1 is 1.21 bits per heavy atom. The van der Waals surface area contributed by atoms with Crippen molar-refractivity contribution in [2.24, 2.45) is 0 Å². The summed E-state index contributed by atoms with van der Waals surface area (Å²) in [5.74, 6) is 0.172. The number of anilines is 1. The second-order valence-electron chi connectivity index (χ2n) is 5.78. The van der Waals surface area contributed by atoms with Crippen molar-refractivity contribution >= 4 is 51.6 Å². The fourth-order valence-electron chi connectivity index (χ4n) is 2.56. The zero-order chi connectivity index (χ0) is 20.8. The maximum Gasteiger partial charge on any atom is 0.341 e. The molecule has 10 heteroatoms. The summed E-state index contributed by atoms with van der Waals surface area (Å²) >= 11 is 8.51. The van der Waals surface area contributed by atoms with Crippen molar-refractivity contribution in [3.63, 3.8) is 0 Å². The average molecular weight is 451 g/mol. The van der Waals surface area contributed by atoms with Gasteiger partial charge in [-0.25, -0.2) is 4.79 Å². The molecule has 7 nitrogen and oxygen atoms in total. The molecule has 0 radical (unpaired) electrons. The number of aromatic nitrogens is 3. The molecule has 0 spiro atoms. The Hall–Kier alpha value is -2.36. The molecule has 3 rings (SSSR count). The zero-order valence-corrected chi connectivity index (χ0v) is 18.2. The van der Waals surface area contributed by atoms with Gasteiger partial charge in [0.25, 0.3) is 0 Å². The Morgan fingerprint density at radius 2 is 1.97 bits per heavy atom. The molecule has 2 aromatic heterocycles. The number of halogens is 1. The Labute approximate surface area is 181 Å². The van der Waals surface area contributed by atoms with Crippen LogP contribution in [0.25, 0.3) is 11.4 Å². The summed E-state index contributed by atoms with van der Waals surface area (Å²) in [6.45, 7) is 4.67. The molecule has 0 aliphatic carbocycles. The second-order valence-corrected chi connectivity index (χ2v) is 8.07. The van der Waals surface area contributed by atoms with Crippen LogP contribution in [0, 0.1) is 0 Å². The maximum absolute atomic E-state index is 12.4. The molecular formula is C19H19ClN4O3S2. The molecule has 0 fully saturated rings. The van der Waals surface area contributed by atoms with Crippen LogP contribution in [0.4, 0.5) is 5.00 Å². The van der Waals surface area contributed by atoms with E-state index in [0.29, 0.717) is 27.3 Å². The van der Waals surface area contributed by atoms with Crippen molar-refractivity contribution in [1.29, 1.82) is 0 Å². The van der Waals surface area contributed by atoms with Crippen molar-refractivity contribution < 1.29 is 14.3 Å². The number of hydrogen-bond acceptors (Lipinski definition) is 7. The number of thiophene rings is 1. The lowest BCUT2D eigenvalue weighted by atomic mass is 10.2. The average Bonchev–Trinajstić information content (AvgIpc) is 3.33. The second kappa shape index (κ2) is 9.91. The van der Waals surface area contributed by atoms with Gasteiger partial charge in [-0.15, -0.1) is 21.5 Å². The molecule has 152 valence electrons. The highest BCUT2D eigenvalue weighted by molar-refractivity contribution is 7.99. The Bertz CT molecular complexity index is 1000. The van der Waals surface area contributed by atoms with Crippen molar-refractivity contribution in [3.05, 3.63) is 46.3 Å². The predicted molar refractivity (Wildman–Crippen MR) is 116 cm³/mol. The maximum atomic E-state index is 12.4. The summed E-state index contributed by atoms with van der Waals surface area (Å²) in [7, 11) is 0. The molecule has 0 aliphatic heterocycles. The summed E-state index contributed by atoms with van der Waals surface area (Å²) in [5.41, 5.74) is 1.26. The van der Waals surface area contributed by atoms with E-state index < -0.39 is 5.97 Å². The molecule has 29 heavy (non-hydrogen) atoms. The van der Waals surface area contributed by atoms with E-state index >= 15 is 0 Å². The van der Waals surface area contributed by atoms with Gasteiger partial charge in [0.15, 0.2) is 11.0 Å². The molecule has 0 saturated heterocycles. The topological polar surface area (TPSA) is 86.1 Å². The number of carbonyl (C=O) groups is 2. The van der Waals surface area contributed by atoms with Gasteiger partial charge in [-0.3, -0.25) is 4.79 Å². The van der Waals surface area contributed by atoms with Crippen molar-refractivity contribution in [2.45, 2.75) is 25.5 Å². The van der Waals surface area contributed by atoms with E-state index in [2.05, 4.69) is 15.5 Å². The normalized spacial score (nSPS) is 10.7. The van der Waals surface area contributed by atoms with Crippen LogP contribution in [-0.4, -0.2) is 39.0 Å². The first kappa shape index (κ1) is 21.4. The smallest absolute Gasteiger partial charge is 0.341 e. The van der Waals surface area contributed by atoms with Gasteiger partial charge in [0.1, 0.15) is 5.00 Å². The minimum atomic E-state index is -0.449. The van der Waals surface area contributed by atoms with E-state index in [1.54, 1.807) is 30.5 Å². The minimum Gasteiger partial charge on any atom is -0.462 e. The number of esters is 1. The largest absolute Gasteiger partial charge is 0.462 e. The molecule has 0 bridgehead atoms. The highest BCUT2D eigenvalue weighted by atomic mass is 35.5. The van der Waals surface area contributed by atoms with Gasteiger partial charge in [0.2, 0.25) is 5.91 Å². The first-order valence-electron chi connectivity index (χ1n) is 8.89. The quantitative estimate of drug-likeness (QED) is 0.399. The standard InChI is InChI=1S/C19H19ClN4O3S2/c1-3-24-16(12-5-7-13(20)8-6-12)22-23-19(24)29-11-15(25)21-17-14(9-10-28-17)18(26)27-4-2/h5-10H,3-4,11H2,1-2H3,(H,21,25). The third-order valence-electron chi connectivity index (χ3n) is 3.88. The number of thioether (sulfide) groups is 1. The van der Waals surface area contributed by atoms with Gasteiger partial charge in [-0.1, -0.05) is 23.4 Å². The fourth-order valence-corrected chi connectivity index (χ4v) is 4.28. The number of hydrogen-bond donors (Lipinski definition) is 1. The van der Waals surface area contributed by atoms with Gasteiger partial charge in [0.05, 0.1) is 17.9 Å². The molecular weight excluding hydrogens is 432 g/mol. The number of amides is 1. The molecule has 0 atom stereocenters. The molecule has 0 aliphatic rings. The van der Waals surface area contributed by atoms with Gasteiger partial charge >= 0.3 is 5.97 Å². The SMILES string of the molecule is CCOC(=O)c1ccsc1NC(=O)CSc1nnc(-c2ccc(Cl)cc2)n1CC. The van der Waals surface area contributed by atoms with Gasteiger partial charge < -0.3 is 14.6 Å². The van der Waals surface area contributed by atoms with Crippen LogP contribution in [0.3, 0.4) is 0 Å². The third-order valence-corrected chi connectivity index (χ3v) is 5.93. The molecule has 3 aromatic rings. The lowest BCUT2D eigenvalue weighted by molar-refractivity contribution is -0.113. The number of rotatable bonds is 8. The number of nitrogens with one attached hydrogen (secondary N) is 1. The van der Waals surface area contributed by atoms with Crippen LogP contribution in [-0.2, 0) is 16.1 Å². The Morgan fingerprint density at radius 3 is 2.66 bits per heavy atom. The molecule has 1 amide bonds. The lowest BCUT2D eigenvalue weighted by Crippen LogP contribution is -2.16. The lowest BCUT2D eigenvalue weighted by Gasteiger charge is -2.08. The van der Waals surface area contributed by atoms with E-state index in [0.717, 1.165) is 11.4 Å². The summed E-state index contributed by atoms with van der Waals surface area (Å²) in [5, 5.41) is 14.8. The van der Waals surface area contributed by atoms with Crippen molar-refractivity contribution in [3.8, 4) is 11.4 Å². The van der Waals surface area contributed by atoms with Crippen LogP contribution in [0.5, 0.6) is 0 Å². The van der Waals surface area contributed by atoms with E-state index in [9.17, 15) is 9.59 Å². The van der Waals surface area contributed by atoms with Gasteiger partial charge in [0, 0.05) is 17.1 Å². The van der Waals surface area contributed by atoms with Crippen molar-refractivity contribution in [2.75, 3.05) is 17.7 Å². The van der Waals surface area contributed by atoms with Crippen LogP contribution < -0.4 is 5.32 Å². The van der Waals surface area contributed by atoms with Crippen LogP contribution >= 0.6 is 34.7 Å². The third kappa shape index (κ3) is 5.17. The Kier molecular flexibility index (Phi) is 7.29. The van der Waals surface area contributed by atoms with E-state index in [1.165, 1.54) is 23.1 Å². The minimum absolute atomic E-state index is 0.138. The number of carbonyl (C=O) groups excluding carboxylic acids is 2. The molecule has 1 N–H and O–H groups in total. The summed E-state index contributed by atoms with van der Waals surface area (Å²) < 4.78 is 6.94. The van der Waals surface area contributed by atoms with Gasteiger partial charge in [-0.2, -0.15) is 0 Å². The zero-order valence-electron chi connectivity index (χ0n) is 15.8. The van der Waals surface area contributed by atoms with Crippen LogP contribution in [0.1, 0.15) is 24.2 Å². The highest BCUT2D eigenvalue weighted by Crippen LogP contribution is 2.27. The van der Waals surface area contributed by atoms with E-state index in [1.807, 2.05) is 23.6 Å². The molecule has 2 heterocycles. The van der Waals surface area contributed by atoms with E-state index in [-0.39, 0.29) is 18.3 Å². The fraction of sp³-hybridized carbons (Fsp3) is 0.263. The van der Waals surface area contributed by atoms with Crippen molar-refractivity contribution in [1.82, 2.24) is 14.8 Å². The monoisotopic (exact) mass is 450 g/mol. The number of ether oxygens (including phenoxy) is 1. The number of nitrogens with zero attached hydrogens (tertiary/aromatic N) is 3. The van der Waals surface area contributed by atoms with E-state index in [4.69, 9.17) is 16.3 Å². The highest BCUT2D eigenvalue weighted by Gasteiger charge is 2.18. The van der Waals surface area contributed by atoms with Crippen LogP contribution in [0.2, 0.25) is 5.02 Å². The molecule has 0 saturated carbocycles. The Balaban J connectivity index is 1.66. The first-order chi connectivity index (χ1) is 14.0. The summed E-state index contributed by atoms with van der Waals surface area (Å²) in [6, 6.07) is 9.00. The summed E-state index contributed by atoms with van der Waals surface area (Å²) in [4.78, 5) is 24.3. The summed E-state index contributed by atoms with van der Waals surface area (Å²) in [6.07, 6.45) is 0. The molecule has 0 unspecified atom stereocenters. The van der Waals surface area contributed by atoms with Crippen LogP contribution in [0.15, 0.2) is 40.9 Å².